The number of benzene rings is 1. The number of rotatable bonds is 4. The van der Waals surface area contributed by atoms with Crippen LogP contribution in [0.4, 0.5) is 0 Å². The predicted molar refractivity (Wildman–Crippen MR) is 85.5 cm³/mol. The van der Waals surface area contributed by atoms with Gasteiger partial charge in [0.05, 0.1) is 13.2 Å². The van der Waals surface area contributed by atoms with Crippen molar-refractivity contribution in [2.45, 2.75) is 56.3 Å². The fourth-order valence-corrected chi connectivity index (χ4v) is 4.99. The third kappa shape index (κ3) is 3.49. The van der Waals surface area contributed by atoms with Gasteiger partial charge in [0, 0.05) is 5.56 Å². The average Bonchev–Trinajstić information content (AvgIpc) is 3.01. The van der Waals surface area contributed by atoms with Crippen LogP contribution < -0.4 is 9.47 Å². The summed E-state index contributed by atoms with van der Waals surface area (Å²) in [5.41, 5.74) is 1.14. The molecule has 21 heavy (non-hydrogen) atoms. The highest BCUT2D eigenvalue weighted by atomic mass is 32.2. The molecule has 0 amide bonds. The van der Waals surface area contributed by atoms with Gasteiger partial charge in [-0.15, -0.1) is 0 Å². The van der Waals surface area contributed by atoms with Crippen molar-refractivity contribution in [1.82, 2.24) is 0 Å². The molecule has 2 fully saturated rings. The summed E-state index contributed by atoms with van der Waals surface area (Å²) in [7, 11) is 1.68. The van der Waals surface area contributed by atoms with E-state index in [1.165, 1.54) is 19.3 Å². The Kier molecular flexibility index (Phi) is 4.96. The van der Waals surface area contributed by atoms with Crippen LogP contribution >= 0.6 is 0 Å². The maximum Gasteiger partial charge on any atom is 0.162 e. The summed E-state index contributed by atoms with van der Waals surface area (Å²) in [4.78, 5) is 0. The van der Waals surface area contributed by atoms with Crippen LogP contribution in [0.15, 0.2) is 18.2 Å². The van der Waals surface area contributed by atoms with Crippen LogP contribution in [0, 0.1) is 0 Å². The van der Waals surface area contributed by atoms with Crippen LogP contribution in [0.3, 0.4) is 0 Å². The molecule has 1 saturated carbocycles. The van der Waals surface area contributed by atoms with Crippen molar-refractivity contribution in [3.8, 4) is 11.5 Å². The highest BCUT2D eigenvalue weighted by Gasteiger charge is 2.29. The Labute approximate surface area is 130 Å². The highest BCUT2D eigenvalue weighted by Crippen LogP contribution is 2.39. The molecule has 0 bridgehead atoms. The summed E-state index contributed by atoms with van der Waals surface area (Å²) in [5, 5.41) is 0.163. The van der Waals surface area contributed by atoms with E-state index >= 15 is 0 Å². The summed E-state index contributed by atoms with van der Waals surface area (Å²) >= 11 is -0.746. The fourth-order valence-electron chi connectivity index (χ4n) is 3.34. The Morgan fingerprint density at radius 1 is 1.05 bits per heavy atom. The van der Waals surface area contributed by atoms with Crippen LogP contribution in [-0.2, 0) is 11.2 Å². The number of hydrogen-bond donors (Lipinski definition) is 0. The van der Waals surface area contributed by atoms with E-state index in [4.69, 9.17) is 9.47 Å². The molecular formula is C17H24O3S. The van der Waals surface area contributed by atoms with Crippen molar-refractivity contribution < 1.29 is 14.0 Å². The van der Waals surface area contributed by atoms with Crippen molar-refractivity contribution in [2.24, 2.45) is 0 Å². The lowest BCUT2D eigenvalue weighted by Crippen LogP contribution is -2.21. The molecule has 1 saturated heterocycles. The van der Waals surface area contributed by atoms with Gasteiger partial charge in [-0.05, 0) is 68.3 Å². The van der Waals surface area contributed by atoms with E-state index in [-0.39, 0.29) is 5.25 Å². The lowest BCUT2D eigenvalue weighted by Gasteiger charge is -2.27. The molecule has 1 aliphatic heterocycles. The second-order valence-electron chi connectivity index (χ2n) is 6.00. The van der Waals surface area contributed by atoms with Gasteiger partial charge in [-0.2, -0.15) is 0 Å². The third-order valence-electron chi connectivity index (χ3n) is 4.53. The largest absolute Gasteiger partial charge is 0.616 e. The van der Waals surface area contributed by atoms with Crippen LogP contribution in [0.2, 0.25) is 0 Å². The zero-order valence-corrected chi connectivity index (χ0v) is 13.5. The maximum absolute atomic E-state index is 12.2. The first-order valence-electron chi connectivity index (χ1n) is 7.99. The molecule has 116 valence electrons. The molecule has 3 rings (SSSR count). The number of methoxy groups -OCH3 is 1. The number of ether oxygens (including phenoxy) is 2. The topological polar surface area (TPSA) is 41.5 Å². The second kappa shape index (κ2) is 6.93. The van der Waals surface area contributed by atoms with E-state index in [9.17, 15) is 4.55 Å². The van der Waals surface area contributed by atoms with Gasteiger partial charge in [0.1, 0.15) is 11.0 Å². The monoisotopic (exact) mass is 308 g/mol. The minimum absolute atomic E-state index is 0.163. The summed E-state index contributed by atoms with van der Waals surface area (Å²) < 4.78 is 23.8. The van der Waals surface area contributed by atoms with Gasteiger partial charge < -0.3 is 14.0 Å². The molecule has 0 unspecified atom stereocenters. The molecular weight excluding hydrogens is 284 g/mol. The summed E-state index contributed by atoms with van der Waals surface area (Å²) in [6, 6.07) is 6.07. The molecule has 0 radical (unpaired) electrons. The van der Waals surface area contributed by atoms with Crippen molar-refractivity contribution in [3.63, 3.8) is 0 Å². The minimum Gasteiger partial charge on any atom is -0.616 e. The van der Waals surface area contributed by atoms with E-state index in [1.807, 2.05) is 12.1 Å². The van der Waals surface area contributed by atoms with Crippen molar-refractivity contribution in [2.75, 3.05) is 12.9 Å². The summed E-state index contributed by atoms with van der Waals surface area (Å²) in [6.45, 7) is 0. The fraction of sp³-hybridized carbons (Fsp3) is 0.647. The normalized spacial score (nSPS) is 26.8. The van der Waals surface area contributed by atoms with E-state index in [2.05, 4.69) is 6.07 Å². The van der Waals surface area contributed by atoms with Gasteiger partial charge in [-0.1, -0.05) is 6.07 Å². The first-order chi connectivity index (χ1) is 10.3. The molecule has 0 N–H and O–H groups in total. The molecule has 1 aromatic carbocycles. The quantitative estimate of drug-likeness (QED) is 0.790. The molecule has 1 aliphatic carbocycles. The average molecular weight is 308 g/mol. The first kappa shape index (κ1) is 15.0. The van der Waals surface area contributed by atoms with Crippen LogP contribution in [0.5, 0.6) is 11.5 Å². The standard InChI is InChI=1S/C17H24O3S/c1-19-15-10-9-13(17-8-4-5-11-21(17)18)12-16(15)20-14-6-2-3-7-14/h9-10,12,14,17H,2-8,11H2,1H3/t17-,21-/m1/s1. The zero-order chi connectivity index (χ0) is 14.7. The van der Waals surface area contributed by atoms with Crippen LogP contribution in [0.25, 0.3) is 0 Å². The van der Waals surface area contributed by atoms with Gasteiger partial charge in [0.15, 0.2) is 11.5 Å². The van der Waals surface area contributed by atoms with Crippen molar-refractivity contribution >= 4 is 11.2 Å². The third-order valence-corrected chi connectivity index (χ3v) is 6.37. The van der Waals surface area contributed by atoms with Gasteiger partial charge >= 0.3 is 0 Å². The smallest absolute Gasteiger partial charge is 0.162 e. The molecule has 4 heteroatoms. The SMILES string of the molecule is COc1ccc([C@H]2CCCC[S@@+]2[O-])cc1OC1CCCC1. The van der Waals surface area contributed by atoms with E-state index < -0.39 is 11.2 Å². The van der Waals surface area contributed by atoms with Crippen LogP contribution in [0.1, 0.15) is 55.8 Å². The minimum atomic E-state index is -0.746. The molecule has 2 aliphatic rings. The van der Waals surface area contributed by atoms with E-state index in [1.54, 1.807) is 7.11 Å². The van der Waals surface area contributed by atoms with Crippen LogP contribution in [-0.4, -0.2) is 23.5 Å². The molecule has 2 atom stereocenters. The molecule has 0 spiro atoms. The summed E-state index contributed by atoms with van der Waals surface area (Å²) in [5.74, 6) is 2.44. The Bertz CT molecular complexity index is 471. The maximum atomic E-state index is 12.2. The molecule has 0 aromatic heterocycles. The first-order valence-corrected chi connectivity index (χ1v) is 9.38. The Hall–Kier alpha value is -0.870. The predicted octanol–water partition coefficient (Wildman–Crippen LogP) is 3.99. The highest BCUT2D eigenvalue weighted by molar-refractivity contribution is 7.91. The molecule has 3 nitrogen and oxygen atoms in total. The van der Waals surface area contributed by atoms with Gasteiger partial charge in [-0.25, -0.2) is 0 Å². The Morgan fingerprint density at radius 3 is 2.52 bits per heavy atom. The summed E-state index contributed by atoms with van der Waals surface area (Å²) in [6.07, 6.45) is 8.34. The zero-order valence-electron chi connectivity index (χ0n) is 12.7. The molecule has 1 aromatic rings. The Balaban J connectivity index is 1.81. The van der Waals surface area contributed by atoms with Gasteiger partial charge in [0.2, 0.25) is 0 Å². The van der Waals surface area contributed by atoms with Gasteiger partial charge in [-0.3, -0.25) is 0 Å². The lowest BCUT2D eigenvalue weighted by molar-refractivity contribution is 0.200. The van der Waals surface area contributed by atoms with E-state index in [0.717, 1.165) is 48.5 Å². The molecule has 1 heterocycles. The van der Waals surface area contributed by atoms with E-state index in [0.29, 0.717) is 6.10 Å². The second-order valence-corrected chi connectivity index (χ2v) is 7.74. The Morgan fingerprint density at radius 2 is 1.81 bits per heavy atom. The van der Waals surface area contributed by atoms with Crippen molar-refractivity contribution in [3.05, 3.63) is 23.8 Å². The lowest BCUT2D eigenvalue weighted by atomic mass is 10.1. The number of hydrogen-bond acceptors (Lipinski definition) is 3. The van der Waals surface area contributed by atoms with Crippen molar-refractivity contribution in [1.29, 1.82) is 0 Å². The van der Waals surface area contributed by atoms with Gasteiger partial charge in [0.25, 0.3) is 0 Å².